The molecule has 1 aliphatic heterocycles. The molecule has 126 valence electrons. The van der Waals surface area contributed by atoms with Gasteiger partial charge in [-0.2, -0.15) is 0 Å². The van der Waals surface area contributed by atoms with E-state index in [1.54, 1.807) is 0 Å². The third-order valence-electron chi connectivity index (χ3n) is 3.96. The summed E-state index contributed by atoms with van der Waals surface area (Å²) in [6.45, 7) is 1.49. The van der Waals surface area contributed by atoms with E-state index in [4.69, 9.17) is 16.3 Å². The molecule has 0 aromatic heterocycles. The molecule has 5 nitrogen and oxygen atoms in total. The number of rotatable bonds is 6. The van der Waals surface area contributed by atoms with Crippen molar-refractivity contribution in [2.24, 2.45) is 5.92 Å². The van der Waals surface area contributed by atoms with Crippen molar-refractivity contribution >= 4 is 17.5 Å². The van der Waals surface area contributed by atoms with Crippen LogP contribution in [0.1, 0.15) is 11.6 Å². The summed E-state index contributed by atoms with van der Waals surface area (Å²) in [7, 11) is 0. The number of hydrazine groups is 1. The topological polar surface area (TPSA) is 62.4 Å². The average molecular weight is 346 g/mol. The van der Waals surface area contributed by atoms with Crippen LogP contribution in [0.25, 0.3) is 0 Å². The van der Waals surface area contributed by atoms with Crippen molar-refractivity contribution in [1.29, 1.82) is 0 Å². The maximum atomic E-state index is 12.4. The fourth-order valence-corrected chi connectivity index (χ4v) is 2.84. The highest BCUT2D eigenvalue weighted by Crippen LogP contribution is 2.26. The summed E-state index contributed by atoms with van der Waals surface area (Å²) in [5.74, 6) is 0.627. The maximum Gasteiger partial charge on any atom is 0.226 e. The van der Waals surface area contributed by atoms with Gasteiger partial charge >= 0.3 is 0 Å². The Labute approximate surface area is 146 Å². The summed E-state index contributed by atoms with van der Waals surface area (Å²) in [5.41, 5.74) is 7.24. The SMILES string of the molecule is O=C(NCCOc1ccccc1)C1CNNC1c1ccc(Cl)cc1. The summed E-state index contributed by atoms with van der Waals surface area (Å²) in [6, 6.07) is 17.0. The lowest BCUT2D eigenvalue weighted by atomic mass is 9.94. The second-order valence-corrected chi connectivity index (χ2v) is 6.05. The minimum absolute atomic E-state index is 0.00381. The van der Waals surface area contributed by atoms with Gasteiger partial charge in [0.05, 0.1) is 18.5 Å². The van der Waals surface area contributed by atoms with Crippen molar-refractivity contribution in [1.82, 2.24) is 16.2 Å². The number of benzene rings is 2. The lowest BCUT2D eigenvalue weighted by Crippen LogP contribution is -2.37. The predicted octanol–water partition coefficient (Wildman–Crippen LogP) is 2.30. The number of hydrogen-bond donors (Lipinski definition) is 3. The van der Waals surface area contributed by atoms with E-state index in [-0.39, 0.29) is 17.9 Å². The molecule has 2 unspecified atom stereocenters. The first-order valence-electron chi connectivity index (χ1n) is 7.93. The van der Waals surface area contributed by atoms with Crippen molar-refractivity contribution in [2.75, 3.05) is 19.7 Å². The van der Waals surface area contributed by atoms with E-state index in [0.717, 1.165) is 11.3 Å². The van der Waals surface area contributed by atoms with E-state index in [0.29, 0.717) is 24.7 Å². The molecule has 1 aliphatic rings. The fourth-order valence-electron chi connectivity index (χ4n) is 2.72. The van der Waals surface area contributed by atoms with Crippen molar-refractivity contribution < 1.29 is 9.53 Å². The molecule has 1 heterocycles. The van der Waals surface area contributed by atoms with Crippen LogP contribution in [0, 0.1) is 5.92 Å². The molecule has 0 radical (unpaired) electrons. The zero-order valence-corrected chi connectivity index (χ0v) is 13.9. The quantitative estimate of drug-likeness (QED) is 0.703. The van der Waals surface area contributed by atoms with Crippen molar-refractivity contribution in [2.45, 2.75) is 6.04 Å². The molecule has 0 saturated carbocycles. The van der Waals surface area contributed by atoms with Gasteiger partial charge in [-0.3, -0.25) is 10.2 Å². The molecule has 1 fully saturated rings. The van der Waals surface area contributed by atoms with E-state index < -0.39 is 0 Å². The van der Waals surface area contributed by atoms with Crippen LogP contribution in [0.4, 0.5) is 0 Å². The number of carbonyl (C=O) groups is 1. The van der Waals surface area contributed by atoms with Gasteiger partial charge in [-0.25, -0.2) is 5.43 Å². The summed E-state index contributed by atoms with van der Waals surface area (Å²) in [5, 5.41) is 3.62. The largest absolute Gasteiger partial charge is 0.492 e. The van der Waals surface area contributed by atoms with Gasteiger partial charge in [-0.15, -0.1) is 0 Å². The number of carbonyl (C=O) groups excluding carboxylic acids is 1. The molecule has 2 aromatic carbocycles. The Hall–Kier alpha value is -2.08. The third-order valence-corrected chi connectivity index (χ3v) is 4.21. The van der Waals surface area contributed by atoms with E-state index in [9.17, 15) is 4.79 Å². The monoisotopic (exact) mass is 345 g/mol. The Balaban J connectivity index is 1.49. The molecule has 1 saturated heterocycles. The minimum atomic E-state index is -0.178. The normalized spacial score (nSPS) is 19.9. The molecule has 0 bridgehead atoms. The minimum Gasteiger partial charge on any atom is -0.492 e. The Bertz CT molecular complexity index is 664. The van der Waals surface area contributed by atoms with Crippen molar-refractivity contribution in [3.63, 3.8) is 0 Å². The van der Waals surface area contributed by atoms with Gasteiger partial charge < -0.3 is 10.1 Å². The summed E-state index contributed by atoms with van der Waals surface area (Å²) in [4.78, 5) is 12.4. The van der Waals surface area contributed by atoms with E-state index in [2.05, 4.69) is 16.2 Å². The van der Waals surface area contributed by atoms with Gasteiger partial charge in [0, 0.05) is 11.6 Å². The summed E-state index contributed by atoms with van der Waals surface area (Å²) >= 11 is 5.92. The first-order valence-corrected chi connectivity index (χ1v) is 8.31. The van der Waals surface area contributed by atoms with Crippen LogP contribution in [0.5, 0.6) is 5.75 Å². The van der Waals surface area contributed by atoms with Crippen LogP contribution in [0.15, 0.2) is 54.6 Å². The molecule has 3 N–H and O–H groups in total. The summed E-state index contributed by atoms with van der Waals surface area (Å²) in [6.07, 6.45) is 0. The highest BCUT2D eigenvalue weighted by Gasteiger charge is 2.33. The molecule has 3 rings (SSSR count). The van der Waals surface area contributed by atoms with Gasteiger partial charge in [-0.05, 0) is 29.8 Å². The lowest BCUT2D eigenvalue weighted by Gasteiger charge is -2.18. The first-order chi connectivity index (χ1) is 11.7. The zero-order valence-electron chi connectivity index (χ0n) is 13.2. The van der Waals surface area contributed by atoms with Gasteiger partial charge in [-0.1, -0.05) is 41.9 Å². The first kappa shape index (κ1) is 16.8. The van der Waals surface area contributed by atoms with E-state index in [1.165, 1.54) is 0 Å². The van der Waals surface area contributed by atoms with Crippen LogP contribution in [-0.2, 0) is 4.79 Å². The molecular weight excluding hydrogens is 326 g/mol. The Kier molecular flexibility index (Phi) is 5.69. The second kappa shape index (κ2) is 8.15. The van der Waals surface area contributed by atoms with E-state index >= 15 is 0 Å². The van der Waals surface area contributed by atoms with Gasteiger partial charge in [0.2, 0.25) is 5.91 Å². The smallest absolute Gasteiger partial charge is 0.226 e. The zero-order chi connectivity index (χ0) is 16.8. The Morgan fingerprint density at radius 3 is 2.67 bits per heavy atom. The van der Waals surface area contributed by atoms with E-state index in [1.807, 2.05) is 54.6 Å². The number of hydrogen-bond acceptors (Lipinski definition) is 4. The number of para-hydroxylation sites is 1. The second-order valence-electron chi connectivity index (χ2n) is 5.61. The van der Waals surface area contributed by atoms with Crippen LogP contribution >= 0.6 is 11.6 Å². The molecule has 0 spiro atoms. The number of amides is 1. The van der Waals surface area contributed by atoms with Crippen LogP contribution in [-0.4, -0.2) is 25.6 Å². The molecule has 2 atom stereocenters. The van der Waals surface area contributed by atoms with Gasteiger partial charge in [0.1, 0.15) is 12.4 Å². The van der Waals surface area contributed by atoms with Crippen molar-refractivity contribution in [3.8, 4) is 5.75 Å². The lowest BCUT2D eigenvalue weighted by molar-refractivity contribution is -0.125. The van der Waals surface area contributed by atoms with Crippen LogP contribution < -0.4 is 20.9 Å². The number of halogens is 1. The average Bonchev–Trinajstić information content (AvgIpc) is 3.10. The van der Waals surface area contributed by atoms with Crippen LogP contribution in [0.3, 0.4) is 0 Å². The fraction of sp³-hybridized carbons (Fsp3) is 0.278. The predicted molar refractivity (Wildman–Crippen MR) is 93.8 cm³/mol. The highest BCUT2D eigenvalue weighted by atomic mass is 35.5. The molecule has 2 aromatic rings. The van der Waals surface area contributed by atoms with Crippen molar-refractivity contribution in [3.05, 3.63) is 65.2 Å². The Morgan fingerprint density at radius 2 is 1.92 bits per heavy atom. The molecule has 6 heteroatoms. The van der Waals surface area contributed by atoms with Gasteiger partial charge in [0.25, 0.3) is 0 Å². The third kappa shape index (κ3) is 4.26. The Morgan fingerprint density at radius 1 is 1.17 bits per heavy atom. The van der Waals surface area contributed by atoms with Gasteiger partial charge in [0.15, 0.2) is 0 Å². The molecule has 24 heavy (non-hydrogen) atoms. The molecule has 0 aliphatic carbocycles. The molecule has 1 amide bonds. The highest BCUT2D eigenvalue weighted by molar-refractivity contribution is 6.30. The number of nitrogens with one attached hydrogen (secondary N) is 3. The van der Waals surface area contributed by atoms with Crippen LogP contribution in [0.2, 0.25) is 5.02 Å². The standard InChI is InChI=1S/C18H20ClN3O2/c19-14-8-6-13(7-9-14)17-16(12-21-22-17)18(23)20-10-11-24-15-4-2-1-3-5-15/h1-9,16-17,21-22H,10-12H2,(H,20,23). The summed E-state index contributed by atoms with van der Waals surface area (Å²) < 4.78 is 5.58. The number of ether oxygens (including phenoxy) is 1. The molecular formula is C18H20ClN3O2. The maximum absolute atomic E-state index is 12.4.